The summed E-state index contributed by atoms with van der Waals surface area (Å²) in [5.74, 6) is 1.79. The fraction of sp³-hybridized carbons (Fsp3) is 0.316. The number of aromatic nitrogens is 4. The third kappa shape index (κ3) is 4.82. The van der Waals surface area contributed by atoms with Gasteiger partial charge in [-0.05, 0) is 62.3 Å². The quantitative estimate of drug-likeness (QED) is 0.544. The molecule has 8 heteroatoms. The van der Waals surface area contributed by atoms with Crippen LogP contribution in [0.1, 0.15) is 12.8 Å². The van der Waals surface area contributed by atoms with Gasteiger partial charge in [0.1, 0.15) is 0 Å². The largest absolute Gasteiger partial charge is 0.303 e. The van der Waals surface area contributed by atoms with Gasteiger partial charge in [-0.15, -0.1) is 22.6 Å². The van der Waals surface area contributed by atoms with Crippen LogP contribution < -0.4 is 0 Å². The first kappa shape index (κ1) is 20.1. The number of benzene rings is 1. The number of pyridine rings is 1. The van der Waals surface area contributed by atoms with Gasteiger partial charge in [-0.25, -0.2) is 0 Å². The fourth-order valence-electron chi connectivity index (χ4n) is 3.14. The van der Waals surface area contributed by atoms with E-state index < -0.39 is 0 Å². The van der Waals surface area contributed by atoms with E-state index in [9.17, 15) is 0 Å². The van der Waals surface area contributed by atoms with E-state index in [0.717, 1.165) is 34.5 Å². The zero-order chi connectivity index (χ0) is 17.8. The van der Waals surface area contributed by atoms with Crippen LogP contribution in [-0.2, 0) is 0 Å². The number of hydrogen-bond acceptors (Lipinski definition) is 5. The Kier molecular flexibility index (Phi) is 7.13. The number of hydrogen-bond donors (Lipinski definition) is 0. The molecule has 0 atom stereocenters. The Labute approximate surface area is 174 Å². The first-order valence-electron chi connectivity index (χ1n) is 8.78. The number of halogens is 2. The van der Waals surface area contributed by atoms with Crippen LogP contribution in [0.4, 0.5) is 0 Å². The number of likely N-dealkylation sites (tertiary alicyclic amines) is 1. The van der Waals surface area contributed by atoms with Crippen molar-refractivity contribution in [2.45, 2.75) is 18.0 Å². The molecular weight excluding hydrogens is 401 g/mol. The van der Waals surface area contributed by atoms with Crippen LogP contribution in [0.2, 0.25) is 5.02 Å². The Balaban J connectivity index is 0.00000210. The average molecular weight is 422 g/mol. The fourth-order valence-corrected chi connectivity index (χ4v) is 4.22. The van der Waals surface area contributed by atoms with Gasteiger partial charge in [-0.3, -0.25) is 9.55 Å². The number of thioether (sulfide) groups is 1. The minimum absolute atomic E-state index is 0. The molecule has 1 aromatic carbocycles. The molecule has 3 aromatic rings. The maximum Gasteiger partial charge on any atom is 0.196 e. The number of rotatable bonds is 6. The van der Waals surface area contributed by atoms with Crippen molar-refractivity contribution in [3.05, 3.63) is 53.8 Å². The molecule has 0 spiro atoms. The van der Waals surface area contributed by atoms with E-state index in [1.54, 1.807) is 18.0 Å². The number of nitrogens with zero attached hydrogens (tertiary/aromatic N) is 5. The molecule has 142 valence electrons. The lowest BCUT2D eigenvalue weighted by molar-refractivity contribution is 0.362. The Morgan fingerprint density at radius 3 is 2.52 bits per heavy atom. The summed E-state index contributed by atoms with van der Waals surface area (Å²) in [6, 6.07) is 11.7. The van der Waals surface area contributed by atoms with Crippen LogP contribution in [-0.4, -0.2) is 50.0 Å². The molecule has 1 fully saturated rings. The molecule has 2 aromatic heterocycles. The second-order valence-corrected chi connectivity index (χ2v) is 7.76. The molecule has 1 aliphatic rings. The van der Waals surface area contributed by atoms with Gasteiger partial charge in [0.25, 0.3) is 0 Å². The van der Waals surface area contributed by atoms with Gasteiger partial charge < -0.3 is 4.90 Å². The summed E-state index contributed by atoms with van der Waals surface area (Å²) in [6.45, 7) is 3.51. The maximum absolute atomic E-state index is 6.06. The molecule has 1 saturated heterocycles. The van der Waals surface area contributed by atoms with Gasteiger partial charge in [-0.1, -0.05) is 23.4 Å². The monoisotopic (exact) mass is 421 g/mol. The molecule has 27 heavy (non-hydrogen) atoms. The summed E-state index contributed by atoms with van der Waals surface area (Å²) in [4.78, 5) is 6.73. The topological polar surface area (TPSA) is 46.8 Å². The van der Waals surface area contributed by atoms with E-state index >= 15 is 0 Å². The second-order valence-electron chi connectivity index (χ2n) is 6.26. The smallest absolute Gasteiger partial charge is 0.196 e. The zero-order valence-corrected chi connectivity index (χ0v) is 17.2. The van der Waals surface area contributed by atoms with Gasteiger partial charge >= 0.3 is 0 Å². The van der Waals surface area contributed by atoms with Crippen molar-refractivity contribution in [3.63, 3.8) is 0 Å². The summed E-state index contributed by atoms with van der Waals surface area (Å²) in [6.07, 6.45) is 6.21. The van der Waals surface area contributed by atoms with E-state index in [4.69, 9.17) is 11.6 Å². The summed E-state index contributed by atoms with van der Waals surface area (Å²) < 4.78 is 2.09. The first-order valence-corrected chi connectivity index (χ1v) is 10.1. The Hall–Kier alpha value is -1.60. The molecule has 4 rings (SSSR count). The Morgan fingerprint density at radius 1 is 1.04 bits per heavy atom. The van der Waals surface area contributed by atoms with Crippen molar-refractivity contribution in [2.24, 2.45) is 0 Å². The van der Waals surface area contributed by atoms with E-state index in [-0.39, 0.29) is 12.4 Å². The zero-order valence-electron chi connectivity index (χ0n) is 14.8. The Bertz CT molecular complexity index is 848. The molecule has 0 unspecified atom stereocenters. The van der Waals surface area contributed by atoms with Crippen molar-refractivity contribution >= 4 is 35.8 Å². The molecule has 1 aliphatic heterocycles. The highest BCUT2D eigenvalue weighted by atomic mass is 35.5. The molecule has 5 nitrogen and oxygen atoms in total. The van der Waals surface area contributed by atoms with Crippen LogP contribution in [0.15, 0.2) is 53.9 Å². The minimum atomic E-state index is 0. The molecule has 0 N–H and O–H groups in total. The molecule has 0 amide bonds. The van der Waals surface area contributed by atoms with Crippen molar-refractivity contribution in [1.82, 2.24) is 24.6 Å². The van der Waals surface area contributed by atoms with Crippen LogP contribution in [0.5, 0.6) is 0 Å². The third-order valence-electron chi connectivity index (χ3n) is 4.48. The summed E-state index contributed by atoms with van der Waals surface area (Å²) in [5, 5.41) is 10.5. The van der Waals surface area contributed by atoms with Crippen molar-refractivity contribution < 1.29 is 0 Å². The van der Waals surface area contributed by atoms with Crippen molar-refractivity contribution in [3.8, 4) is 17.1 Å². The van der Waals surface area contributed by atoms with Gasteiger partial charge in [0, 0.05) is 41.0 Å². The SMILES string of the molecule is Cl.Clc1ccc(-n2c(SCCN3CCCC3)nnc2-c2cccnc2)cc1. The molecule has 0 saturated carbocycles. The first-order chi connectivity index (χ1) is 12.8. The molecule has 0 radical (unpaired) electrons. The van der Waals surface area contributed by atoms with Crippen LogP contribution in [0, 0.1) is 0 Å². The minimum Gasteiger partial charge on any atom is -0.303 e. The lowest BCUT2D eigenvalue weighted by atomic mass is 10.2. The van der Waals surface area contributed by atoms with E-state index in [0.29, 0.717) is 5.02 Å². The standard InChI is InChI=1S/C19H20ClN5S.ClH/c20-16-5-7-17(8-6-16)25-18(15-4-3-9-21-14-15)22-23-19(25)26-13-12-24-10-1-2-11-24;/h3-9,14H,1-2,10-13H2;1H. The van der Waals surface area contributed by atoms with Crippen LogP contribution >= 0.6 is 35.8 Å². The van der Waals surface area contributed by atoms with Gasteiger partial charge in [0.05, 0.1) is 0 Å². The average Bonchev–Trinajstić information content (AvgIpc) is 3.33. The van der Waals surface area contributed by atoms with E-state index in [2.05, 4.69) is 24.6 Å². The maximum atomic E-state index is 6.06. The Morgan fingerprint density at radius 2 is 1.81 bits per heavy atom. The highest BCUT2D eigenvalue weighted by Crippen LogP contribution is 2.28. The molecule has 0 aliphatic carbocycles. The van der Waals surface area contributed by atoms with E-state index in [1.165, 1.54) is 25.9 Å². The highest BCUT2D eigenvalue weighted by Gasteiger charge is 2.17. The van der Waals surface area contributed by atoms with Crippen LogP contribution in [0.3, 0.4) is 0 Å². The predicted octanol–water partition coefficient (Wildman–Crippen LogP) is 4.59. The van der Waals surface area contributed by atoms with E-state index in [1.807, 2.05) is 42.6 Å². The lowest BCUT2D eigenvalue weighted by Gasteiger charge is -2.14. The summed E-state index contributed by atoms with van der Waals surface area (Å²) in [5.41, 5.74) is 1.95. The summed E-state index contributed by atoms with van der Waals surface area (Å²) in [7, 11) is 0. The van der Waals surface area contributed by atoms with Crippen molar-refractivity contribution in [1.29, 1.82) is 0 Å². The summed E-state index contributed by atoms with van der Waals surface area (Å²) >= 11 is 7.81. The van der Waals surface area contributed by atoms with Gasteiger partial charge in [-0.2, -0.15) is 0 Å². The van der Waals surface area contributed by atoms with Crippen LogP contribution in [0.25, 0.3) is 17.1 Å². The normalized spacial score (nSPS) is 14.3. The van der Waals surface area contributed by atoms with Gasteiger partial charge in [0.2, 0.25) is 0 Å². The molecule has 0 bridgehead atoms. The van der Waals surface area contributed by atoms with Crippen molar-refractivity contribution in [2.75, 3.05) is 25.4 Å². The lowest BCUT2D eigenvalue weighted by Crippen LogP contribution is -2.22. The molecule has 3 heterocycles. The third-order valence-corrected chi connectivity index (χ3v) is 5.64. The second kappa shape index (κ2) is 9.55. The highest BCUT2D eigenvalue weighted by molar-refractivity contribution is 7.99. The molecular formula is C19H21Cl2N5S. The predicted molar refractivity (Wildman–Crippen MR) is 113 cm³/mol. The van der Waals surface area contributed by atoms with Gasteiger partial charge in [0.15, 0.2) is 11.0 Å².